The van der Waals surface area contributed by atoms with Gasteiger partial charge in [-0.05, 0) is 74.2 Å². The van der Waals surface area contributed by atoms with E-state index < -0.39 is 0 Å². The third-order valence-electron chi connectivity index (χ3n) is 5.44. The Morgan fingerprint density at radius 1 is 0.621 bits per heavy atom. The average Bonchev–Trinajstić information content (AvgIpc) is 3.48. The van der Waals surface area contributed by atoms with Crippen LogP contribution in [0, 0.1) is 0 Å². The van der Waals surface area contributed by atoms with Crippen LogP contribution < -0.4 is 9.31 Å². The van der Waals surface area contributed by atoms with Crippen LogP contribution in [0.1, 0.15) is 46.4 Å². The molecule has 0 spiro atoms. The molecule has 0 unspecified atom stereocenters. The third kappa shape index (κ3) is 4.73. The van der Waals surface area contributed by atoms with Crippen molar-refractivity contribution in [2.45, 2.75) is 25.7 Å². The maximum atomic E-state index is 12.4. The Kier molecular flexibility index (Phi) is 6.03. The SMILES string of the molecule is O=C(c1ccc(OBOc2ccc(C(=O)N3CCCC3)cc2)cc1)N1CCCC1. The van der Waals surface area contributed by atoms with Gasteiger partial charge >= 0.3 is 7.69 Å². The second kappa shape index (κ2) is 9.03. The molecule has 2 aliphatic rings. The van der Waals surface area contributed by atoms with Crippen LogP contribution in [0.25, 0.3) is 0 Å². The first-order valence-electron chi connectivity index (χ1n) is 10.2. The van der Waals surface area contributed by atoms with Crippen molar-refractivity contribution in [1.82, 2.24) is 9.80 Å². The van der Waals surface area contributed by atoms with Crippen molar-refractivity contribution < 1.29 is 18.9 Å². The molecule has 2 amide bonds. The van der Waals surface area contributed by atoms with E-state index in [1.54, 1.807) is 48.5 Å². The van der Waals surface area contributed by atoms with Gasteiger partial charge in [0.1, 0.15) is 11.5 Å². The third-order valence-corrected chi connectivity index (χ3v) is 5.44. The molecule has 2 aliphatic heterocycles. The van der Waals surface area contributed by atoms with E-state index in [2.05, 4.69) is 0 Å². The summed E-state index contributed by atoms with van der Waals surface area (Å²) in [5.41, 5.74) is 1.36. The van der Waals surface area contributed by atoms with E-state index in [4.69, 9.17) is 9.31 Å². The van der Waals surface area contributed by atoms with Gasteiger partial charge in [0.15, 0.2) is 0 Å². The monoisotopic (exact) mass is 392 g/mol. The lowest BCUT2D eigenvalue weighted by atomic mass is 10.2. The maximum absolute atomic E-state index is 12.4. The van der Waals surface area contributed by atoms with E-state index in [-0.39, 0.29) is 19.5 Å². The average molecular weight is 392 g/mol. The van der Waals surface area contributed by atoms with Crippen molar-refractivity contribution in [1.29, 1.82) is 0 Å². The van der Waals surface area contributed by atoms with Crippen LogP contribution in [0.5, 0.6) is 11.5 Å². The van der Waals surface area contributed by atoms with Gasteiger partial charge < -0.3 is 19.1 Å². The zero-order valence-corrected chi connectivity index (χ0v) is 16.5. The Balaban J connectivity index is 1.25. The van der Waals surface area contributed by atoms with Crippen molar-refractivity contribution in [3.63, 3.8) is 0 Å². The first-order valence-corrected chi connectivity index (χ1v) is 10.2. The molecule has 2 aromatic rings. The van der Waals surface area contributed by atoms with Gasteiger partial charge in [-0.3, -0.25) is 9.59 Å². The second-order valence-electron chi connectivity index (χ2n) is 7.45. The van der Waals surface area contributed by atoms with Crippen LogP contribution in [-0.4, -0.2) is 55.5 Å². The fourth-order valence-corrected chi connectivity index (χ4v) is 3.76. The summed E-state index contributed by atoms with van der Waals surface area (Å²) in [4.78, 5) is 28.5. The van der Waals surface area contributed by atoms with Gasteiger partial charge in [-0.1, -0.05) is 0 Å². The molecule has 0 atom stereocenters. The van der Waals surface area contributed by atoms with Crippen LogP contribution in [0.3, 0.4) is 0 Å². The van der Waals surface area contributed by atoms with Gasteiger partial charge in [0.2, 0.25) is 0 Å². The summed E-state index contributed by atoms with van der Waals surface area (Å²) in [5, 5.41) is 0. The van der Waals surface area contributed by atoms with Gasteiger partial charge in [-0.25, -0.2) is 0 Å². The van der Waals surface area contributed by atoms with Gasteiger partial charge in [0, 0.05) is 37.3 Å². The van der Waals surface area contributed by atoms with Crippen molar-refractivity contribution in [2.24, 2.45) is 0 Å². The van der Waals surface area contributed by atoms with E-state index in [0.29, 0.717) is 22.6 Å². The molecule has 0 saturated carbocycles. The van der Waals surface area contributed by atoms with E-state index in [1.807, 2.05) is 9.80 Å². The minimum Gasteiger partial charge on any atom is -0.529 e. The van der Waals surface area contributed by atoms with Crippen molar-refractivity contribution in [2.75, 3.05) is 26.2 Å². The Morgan fingerprint density at radius 3 is 1.31 bits per heavy atom. The van der Waals surface area contributed by atoms with Crippen LogP contribution in [0.15, 0.2) is 48.5 Å². The van der Waals surface area contributed by atoms with Crippen LogP contribution >= 0.6 is 0 Å². The highest BCUT2D eigenvalue weighted by molar-refractivity contribution is 6.20. The molecule has 0 radical (unpaired) electrons. The minimum atomic E-state index is 0.0544. The summed E-state index contributed by atoms with van der Waals surface area (Å²) in [7, 11) is 0.0544. The van der Waals surface area contributed by atoms with E-state index in [0.717, 1.165) is 51.9 Å². The maximum Gasteiger partial charge on any atom is 0.576 e. The molecule has 150 valence electrons. The molecule has 2 saturated heterocycles. The molecule has 0 aromatic heterocycles. The van der Waals surface area contributed by atoms with Crippen LogP contribution in [0.4, 0.5) is 0 Å². The predicted molar refractivity (Wildman–Crippen MR) is 112 cm³/mol. The lowest BCUT2D eigenvalue weighted by Crippen LogP contribution is -2.27. The Labute approximate surface area is 171 Å². The summed E-state index contributed by atoms with van der Waals surface area (Å²) < 4.78 is 11.2. The standard InChI is InChI=1S/C22H25BN2O4/c26-21(24-13-1-2-14-24)17-5-9-19(10-6-17)28-23-29-20-11-7-18(8-12-20)22(27)25-15-3-4-16-25/h5-12,23H,1-4,13-16H2. The zero-order valence-electron chi connectivity index (χ0n) is 16.5. The molecule has 29 heavy (non-hydrogen) atoms. The first kappa shape index (κ1) is 19.4. The molecular formula is C22H25BN2O4. The molecular weight excluding hydrogens is 367 g/mol. The number of rotatable bonds is 6. The quantitative estimate of drug-likeness (QED) is 0.710. The van der Waals surface area contributed by atoms with E-state index in [1.165, 1.54) is 0 Å². The van der Waals surface area contributed by atoms with E-state index >= 15 is 0 Å². The van der Waals surface area contributed by atoms with Crippen LogP contribution in [0.2, 0.25) is 0 Å². The molecule has 0 aliphatic carbocycles. The summed E-state index contributed by atoms with van der Waals surface area (Å²) in [6.07, 6.45) is 4.32. The Morgan fingerprint density at radius 2 is 0.966 bits per heavy atom. The summed E-state index contributed by atoms with van der Waals surface area (Å²) >= 11 is 0. The number of carbonyl (C=O) groups is 2. The highest BCUT2D eigenvalue weighted by Crippen LogP contribution is 2.18. The van der Waals surface area contributed by atoms with Gasteiger partial charge in [0.05, 0.1) is 0 Å². The number of likely N-dealkylation sites (tertiary alicyclic amines) is 2. The van der Waals surface area contributed by atoms with Gasteiger partial charge in [-0.15, -0.1) is 0 Å². The topological polar surface area (TPSA) is 59.1 Å². The van der Waals surface area contributed by atoms with Gasteiger partial charge in [-0.2, -0.15) is 0 Å². The van der Waals surface area contributed by atoms with Crippen molar-refractivity contribution in [3.8, 4) is 11.5 Å². The molecule has 2 aromatic carbocycles. The summed E-state index contributed by atoms with van der Waals surface area (Å²) in [6, 6.07) is 14.3. The highest BCUT2D eigenvalue weighted by atomic mass is 16.6. The molecule has 0 N–H and O–H groups in total. The zero-order chi connectivity index (χ0) is 20.1. The molecule has 0 bridgehead atoms. The highest BCUT2D eigenvalue weighted by Gasteiger charge is 2.20. The summed E-state index contributed by atoms with van der Waals surface area (Å²) in [5.74, 6) is 1.44. The number of nitrogens with zero attached hydrogens (tertiary/aromatic N) is 2. The first-order chi connectivity index (χ1) is 14.2. The fraction of sp³-hybridized carbons (Fsp3) is 0.364. The number of hydrogen-bond donors (Lipinski definition) is 0. The predicted octanol–water partition coefficient (Wildman–Crippen LogP) is 2.88. The van der Waals surface area contributed by atoms with E-state index in [9.17, 15) is 9.59 Å². The molecule has 2 heterocycles. The number of amides is 2. The molecule has 6 nitrogen and oxygen atoms in total. The Bertz CT molecular complexity index is 771. The number of benzene rings is 2. The fourth-order valence-electron chi connectivity index (χ4n) is 3.76. The van der Waals surface area contributed by atoms with Crippen molar-refractivity contribution in [3.05, 3.63) is 59.7 Å². The summed E-state index contributed by atoms with van der Waals surface area (Å²) in [6.45, 7) is 3.36. The normalized spacial score (nSPS) is 16.0. The van der Waals surface area contributed by atoms with Gasteiger partial charge in [0.25, 0.3) is 11.8 Å². The molecule has 4 rings (SSSR count). The minimum absolute atomic E-state index is 0.0544. The van der Waals surface area contributed by atoms with Crippen LogP contribution in [-0.2, 0) is 0 Å². The molecule has 2 fully saturated rings. The largest absolute Gasteiger partial charge is 0.576 e. The molecule has 7 heteroatoms. The smallest absolute Gasteiger partial charge is 0.529 e. The lowest BCUT2D eigenvalue weighted by Gasteiger charge is -2.16. The second-order valence-corrected chi connectivity index (χ2v) is 7.45. The number of carbonyl (C=O) groups excluding carboxylic acids is 2. The lowest BCUT2D eigenvalue weighted by molar-refractivity contribution is 0.0785. The number of hydrogen-bond acceptors (Lipinski definition) is 4. The Hall–Kier alpha value is -2.96. The van der Waals surface area contributed by atoms with Crippen molar-refractivity contribution >= 4 is 19.5 Å².